The zero-order valence-electron chi connectivity index (χ0n) is 10.5. The van der Waals surface area contributed by atoms with Crippen LogP contribution in [0, 0.1) is 5.92 Å². The minimum atomic E-state index is -3.30. The fourth-order valence-corrected chi connectivity index (χ4v) is 4.24. The van der Waals surface area contributed by atoms with Crippen LogP contribution in [0.5, 0.6) is 0 Å². The van der Waals surface area contributed by atoms with Gasteiger partial charge in [-0.3, -0.25) is 0 Å². The van der Waals surface area contributed by atoms with Crippen LogP contribution >= 0.6 is 15.9 Å². The topological polar surface area (TPSA) is 37.4 Å². The largest absolute Gasteiger partial charge is 0.243 e. The quantitative estimate of drug-likeness (QED) is 0.798. The Kier molecular flexibility index (Phi) is 4.45. The minimum absolute atomic E-state index is 0.404. The predicted octanol–water partition coefficient (Wildman–Crippen LogP) is 3.00. The van der Waals surface area contributed by atoms with E-state index >= 15 is 0 Å². The molecule has 2 rings (SSSR count). The number of alkyl halides is 1. The van der Waals surface area contributed by atoms with Crippen LogP contribution in [0.25, 0.3) is 0 Å². The number of hydrogen-bond acceptors (Lipinski definition) is 2. The van der Waals surface area contributed by atoms with Crippen molar-refractivity contribution in [1.82, 2.24) is 4.31 Å². The highest BCUT2D eigenvalue weighted by molar-refractivity contribution is 9.08. The van der Waals surface area contributed by atoms with Crippen molar-refractivity contribution in [2.45, 2.75) is 30.0 Å². The molecule has 100 valence electrons. The first-order valence-corrected chi connectivity index (χ1v) is 8.75. The number of hydrogen-bond donors (Lipinski definition) is 0. The van der Waals surface area contributed by atoms with Crippen LogP contribution in [0.1, 0.15) is 25.3 Å². The maximum absolute atomic E-state index is 12.4. The van der Waals surface area contributed by atoms with Crippen molar-refractivity contribution < 1.29 is 8.42 Å². The molecule has 0 aromatic heterocycles. The SMILES string of the molecule is CC1CCCN(S(=O)(=O)c2ccc(CBr)cc2)C1. The Labute approximate surface area is 117 Å². The van der Waals surface area contributed by atoms with Gasteiger partial charge in [0.2, 0.25) is 10.0 Å². The zero-order chi connectivity index (χ0) is 13.2. The molecule has 1 aliphatic rings. The minimum Gasteiger partial charge on any atom is -0.207 e. The molecule has 3 nitrogen and oxygen atoms in total. The molecular weight excluding hydrogens is 314 g/mol. The normalized spacial score (nSPS) is 22.0. The van der Waals surface area contributed by atoms with E-state index in [1.165, 1.54) is 0 Å². The molecule has 0 saturated carbocycles. The van der Waals surface area contributed by atoms with Gasteiger partial charge in [-0.2, -0.15) is 4.31 Å². The van der Waals surface area contributed by atoms with Gasteiger partial charge in [0.25, 0.3) is 0 Å². The van der Waals surface area contributed by atoms with Gasteiger partial charge in [-0.1, -0.05) is 35.0 Å². The van der Waals surface area contributed by atoms with Gasteiger partial charge >= 0.3 is 0 Å². The standard InChI is InChI=1S/C13H18BrNO2S/c1-11-3-2-8-15(10-11)18(16,17)13-6-4-12(9-14)5-7-13/h4-7,11H,2-3,8-10H2,1H3. The average molecular weight is 332 g/mol. The molecule has 1 fully saturated rings. The van der Waals surface area contributed by atoms with E-state index in [0.717, 1.165) is 23.7 Å². The molecule has 0 radical (unpaired) electrons. The molecular formula is C13H18BrNO2S. The predicted molar refractivity (Wildman–Crippen MR) is 76.2 cm³/mol. The molecule has 1 aromatic carbocycles. The summed E-state index contributed by atoms with van der Waals surface area (Å²) < 4.78 is 26.5. The number of piperidine rings is 1. The summed E-state index contributed by atoms with van der Waals surface area (Å²) in [6, 6.07) is 7.11. The Balaban J connectivity index is 2.23. The van der Waals surface area contributed by atoms with Crippen LogP contribution in [-0.2, 0) is 15.4 Å². The first-order valence-electron chi connectivity index (χ1n) is 6.19. The summed E-state index contributed by atoms with van der Waals surface area (Å²) in [5.41, 5.74) is 1.08. The van der Waals surface area contributed by atoms with Crippen LogP contribution in [-0.4, -0.2) is 25.8 Å². The number of benzene rings is 1. The summed E-state index contributed by atoms with van der Waals surface area (Å²) in [5.74, 6) is 0.454. The highest BCUT2D eigenvalue weighted by Gasteiger charge is 2.28. The van der Waals surface area contributed by atoms with Crippen molar-refractivity contribution in [3.63, 3.8) is 0 Å². The van der Waals surface area contributed by atoms with Gasteiger partial charge in [0.15, 0.2) is 0 Å². The maximum atomic E-state index is 12.4. The lowest BCUT2D eigenvalue weighted by Crippen LogP contribution is -2.39. The second-order valence-electron chi connectivity index (χ2n) is 4.89. The third-order valence-electron chi connectivity index (χ3n) is 3.34. The Morgan fingerprint density at radius 2 is 2.00 bits per heavy atom. The highest BCUT2D eigenvalue weighted by Crippen LogP contribution is 2.23. The van der Waals surface area contributed by atoms with Gasteiger partial charge in [-0.15, -0.1) is 0 Å². The first-order chi connectivity index (χ1) is 8.54. The molecule has 0 aliphatic carbocycles. The van der Waals surface area contributed by atoms with Crippen molar-refractivity contribution in [1.29, 1.82) is 0 Å². The average Bonchev–Trinajstić information content (AvgIpc) is 2.39. The molecule has 18 heavy (non-hydrogen) atoms. The summed E-state index contributed by atoms with van der Waals surface area (Å²) in [5, 5.41) is 0.744. The lowest BCUT2D eigenvalue weighted by Gasteiger charge is -2.30. The third kappa shape index (κ3) is 2.95. The molecule has 1 aliphatic heterocycles. The van der Waals surface area contributed by atoms with Crippen LogP contribution in [0.3, 0.4) is 0 Å². The summed E-state index contributed by atoms with van der Waals surface area (Å²) in [7, 11) is -3.30. The molecule has 1 saturated heterocycles. The van der Waals surface area contributed by atoms with E-state index in [4.69, 9.17) is 0 Å². The summed E-state index contributed by atoms with van der Waals surface area (Å²) in [6.07, 6.45) is 2.08. The Morgan fingerprint density at radius 1 is 1.33 bits per heavy atom. The van der Waals surface area contributed by atoms with E-state index < -0.39 is 10.0 Å². The van der Waals surface area contributed by atoms with Crippen molar-refractivity contribution in [2.24, 2.45) is 5.92 Å². The number of halogens is 1. The van der Waals surface area contributed by atoms with E-state index in [-0.39, 0.29) is 0 Å². The fourth-order valence-electron chi connectivity index (χ4n) is 2.26. The maximum Gasteiger partial charge on any atom is 0.243 e. The van der Waals surface area contributed by atoms with Crippen molar-refractivity contribution in [3.05, 3.63) is 29.8 Å². The van der Waals surface area contributed by atoms with Crippen LogP contribution in [0.15, 0.2) is 29.2 Å². The monoisotopic (exact) mass is 331 g/mol. The molecule has 1 atom stereocenters. The van der Waals surface area contributed by atoms with E-state index in [0.29, 0.717) is 23.9 Å². The van der Waals surface area contributed by atoms with Gasteiger partial charge in [0.05, 0.1) is 4.90 Å². The molecule has 1 aromatic rings. The lowest BCUT2D eigenvalue weighted by atomic mass is 10.0. The second kappa shape index (κ2) is 5.72. The number of nitrogens with zero attached hydrogens (tertiary/aromatic N) is 1. The smallest absolute Gasteiger partial charge is 0.207 e. The molecule has 0 amide bonds. The molecule has 5 heteroatoms. The fraction of sp³-hybridized carbons (Fsp3) is 0.538. The summed E-state index contributed by atoms with van der Waals surface area (Å²) in [6.45, 7) is 3.39. The van der Waals surface area contributed by atoms with Gasteiger partial charge in [0.1, 0.15) is 0 Å². The molecule has 1 heterocycles. The summed E-state index contributed by atoms with van der Waals surface area (Å²) >= 11 is 3.36. The first kappa shape index (κ1) is 14.0. The highest BCUT2D eigenvalue weighted by atomic mass is 79.9. The van der Waals surface area contributed by atoms with E-state index in [1.807, 2.05) is 12.1 Å². The second-order valence-corrected chi connectivity index (χ2v) is 7.39. The number of rotatable bonds is 3. The molecule has 1 unspecified atom stereocenters. The van der Waals surface area contributed by atoms with Crippen LogP contribution in [0.2, 0.25) is 0 Å². The van der Waals surface area contributed by atoms with E-state index in [2.05, 4.69) is 22.9 Å². The Bertz CT molecular complexity index is 498. The molecule has 0 spiro atoms. The van der Waals surface area contributed by atoms with Crippen molar-refractivity contribution in [2.75, 3.05) is 13.1 Å². The van der Waals surface area contributed by atoms with Gasteiger partial charge in [-0.25, -0.2) is 8.42 Å². The summed E-state index contributed by atoms with van der Waals surface area (Å²) in [4.78, 5) is 0.404. The van der Waals surface area contributed by atoms with Crippen molar-refractivity contribution >= 4 is 26.0 Å². The molecule has 0 N–H and O–H groups in total. The third-order valence-corrected chi connectivity index (χ3v) is 5.86. The van der Waals surface area contributed by atoms with Crippen LogP contribution in [0.4, 0.5) is 0 Å². The van der Waals surface area contributed by atoms with Gasteiger partial charge in [-0.05, 0) is 36.5 Å². The van der Waals surface area contributed by atoms with Crippen LogP contribution < -0.4 is 0 Å². The zero-order valence-corrected chi connectivity index (χ0v) is 12.9. The van der Waals surface area contributed by atoms with E-state index in [9.17, 15) is 8.42 Å². The van der Waals surface area contributed by atoms with Gasteiger partial charge < -0.3 is 0 Å². The molecule has 0 bridgehead atoms. The lowest BCUT2D eigenvalue weighted by molar-refractivity contribution is 0.281. The Morgan fingerprint density at radius 3 is 2.56 bits per heavy atom. The Hall–Kier alpha value is -0.390. The van der Waals surface area contributed by atoms with Gasteiger partial charge in [0, 0.05) is 18.4 Å². The number of sulfonamides is 1. The van der Waals surface area contributed by atoms with Crippen molar-refractivity contribution in [3.8, 4) is 0 Å². The van der Waals surface area contributed by atoms with E-state index in [1.54, 1.807) is 16.4 Å².